The first-order valence-corrected chi connectivity index (χ1v) is 6.40. The molecule has 0 atom stereocenters. The van der Waals surface area contributed by atoms with Gasteiger partial charge in [0.05, 0.1) is 16.9 Å². The molecule has 4 nitrogen and oxygen atoms in total. The predicted octanol–water partition coefficient (Wildman–Crippen LogP) is 3.10. The lowest BCUT2D eigenvalue weighted by Crippen LogP contribution is -2.20. The largest absolute Gasteiger partial charge is 0.324 e. The second kappa shape index (κ2) is 5.45. The minimum atomic E-state index is -0.114. The van der Waals surface area contributed by atoms with E-state index < -0.39 is 0 Å². The highest BCUT2D eigenvalue weighted by Gasteiger charge is 2.10. The maximum Gasteiger partial charge on any atom is 0.246 e. The van der Waals surface area contributed by atoms with Crippen LogP contribution in [0.4, 0.5) is 5.69 Å². The Kier molecular flexibility index (Phi) is 3.90. The van der Waals surface area contributed by atoms with Gasteiger partial charge in [0, 0.05) is 5.69 Å². The van der Waals surface area contributed by atoms with Gasteiger partial charge in [-0.2, -0.15) is 5.10 Å². The number of rotatable bonds is 3. The lowest BCUT2D eigenvalue weighted by atomic mass is 10.1. The number of carbonyl (C=O) groups excluding carboxylic acids is 1. The molecule has 0 aliphatic rings. The normalized spacial score (nSPS) is 10.5. The van der Waals surface area contributed by atoms with E-state index in [9.17, 15) is 4.79 Å². The Morgan fingerprint density at radius 3 is 2.74 bits per heavy atom. The summed E-state index contributed by atoms with van der Waals surface area (Å²) in [6.45, 7) is 5.95. The molecule has 1 heterocycles. The molecule has 0 fully saturated rings. The SMILES string of the molecule is Cc1ccc(C)c(NC(=O)Cn2ncc(Cl)c2C)c1. The van der Waals surface area contributed by atoms with E-state index in [0.717, 1.165) is 22.5 Å². The third kappa shape index (κ3) is 3.15. The first-order valence-electron chi connectivity index (χ1n) is 6.02. The van der Waals surface area contributed by atoms with Crippen LogP contribution in [-0.4, -0.2) is 15.7 Å². The molecule has 1 N–H and O–H groups in total. The zero-order chi connectivity index (χ0) is 14.0. The Bertz CT molecular complexity index is 619. The number of aromatic nitrogens is 2. The van der Waals surface area contributed by atoms with Crippen molar-refractivity contribution in [3.05, 3.63) is 46.2 Å². The highest BCUT2D eigenvalue weighted by atomic mass is 35.5. The lowest BCUT2D eigenvalue weighted by molar-refractivity contribution is -0.116. The summed E-state index contributed by atoms with van der Waals surface area (Å²) in [4.78, 5) is 12.0. The molecule has 0 bridgehead atoms. The van der Waals surface area contributed by atoms with Crippen molar-refractivity contribution in [1.82, 2.24) is 9.78 Å². The van der Waals surface area contributed by atoms with Crippen LogP contribution < -0.4 is 5.32 Å². The van der Waals surface area contributed by atoms with Crippen LogP contribution in [0.1, 0.15) is 16.8 Å². The average Bonchev–Trinajstić information content (AvgIpc) is 2.66. The second-order valence-corrected chi connectivity index (χ2v) is 5.01. The third-order valence-corrected chi connectivity index (χ3v) is 3.37. The predicted molar refractivity (Wildman–Crippen MR) is 76.5 cm³/mol. The summed E-state index contributed by atoms with van der Waals surface area (Å²) in [7, 11) is 0. The van der Waals surface area contributed by atoms with Gasteiger partial charge in [-0.15, -0.1) is 0 Å². The molecule has 1 aromatic heterocycles. The van der Waals surface area contributed by atoms with Gasteiger partial charge in [0.1, 0.15) is 6.54 Å². The fourth-order valence-electron chi connectivity index (χ4n) is 1.78. The third-order valence-electron chi connectivity index (χ3n) is 3.00. The quantitative estimate of drug-likeness (QED) is 0.937. The maximum atomic E-state index is 12.0. The van der Waals surface area contributed by atoms with E-state index in [0.29, 0.717) is 5.02 Å². The molecule has 0 radical (unpaired) electrons. The number of nitrogens with zero attached hydrogens (tertiary/aromatic N) is 2. The lowest BCUT2D eigenvalue weighted by Gasteiger charge is -2.10. The number of nitrogens with one attached hydrogen (secondary N) is 1. The molecule has 0 saturated heterocycles. The Balaban J connectivity index is 2.09. The van der Waals surface area contributed by atoms with Gasteiger partial charge in [-0.05, 0) is 38.0 Å². The van der Waals surface area contributed by atoms with Crippen LogP contribution in [0.5, 0.6) is 0 Å². The summed E-state index contributed by atoms with van der Waals surface area (Å²) < 4.78 is 1.59. The van der Waals surface area contributed by atoms with E-state index in [1.807, 2.05) is 39.0 Å². The molecule has 1 aromatic carbocycles. The van der Waals surface area contributed by atoms with Crippen LogP contribution in [0, 0.1) is 20.8 Å². The Morgan fingerprint density at radius 1 is 1.37 bits per heavy atom. The van der Waals surface area contributed by atoms with Crippen LogP contribution in [0.2, 0.25) is 5.02 Å². The number of carbonyl (C=O) groups is 1. The second-order valence-electron chi connectivity index (χ2n) is 4.60. The molecule has 19 heavy (non-hydrogen) atoms. The number of hydrogen-bond acceptors (Lipinski definition) is 2. The fourth-order valence-corrected chi connectivity index (χ4v) is 1.92. The molecule has 0 aliphatic carbocycles. The molecular formula is C14H16ClN3O. The summed E-state index contributed by atoms with van der Waals surface area (Å²) in [6.07, 6.45) is 1.54. The monoisotopic (exact) mass is 277 g/mol. The summed E-state index contributed by atoms with van der Waals surface area (Å²) in [6, 6.07) is 5.96. The van der Waals surface area contributed by atoms with Gasteiger partial charge < -0.3 is 5.32 Å². The highest BCUT2D eigenvalue weighted by Crippen LogP contribution is 2.17. The van der Waals surface area contributed by atoms with E-state index in [4.69, 9.17) is 11.6 Å². The van der Waals surface area contributed by atoms with Crippen LogP contribution in [0.25, 0.3) is 0 Å². The number of hydrogen-bond donors (Lipinski definition) is 1. The van der Waals surface area contributed by atoms with Crippen molar-refractivity contribution >= 4 is 23.2 Å². The van der Waals surface area contributed by atoms with Gasteiger partial charge in [0.15, 0.2) is 0 Å². The fraction of sp³-hybridized carbons (Fsp3) is 0.286. The van der Waals surface area contributed by atoms with Crippen LogP contribution in [-0.2, 0) is 11.3 Å². The molecule has 2 aromatic rings. The summed E-state index contributed by atoms with van der Waals surface area (Å²) >= 11 is 5.90. The topological polar surface area (TPSA) is 46.9 Å². The van der Waals surface area contributed by atoms with Crippen molar-refractivity contribution in [3.63, 3.8) is 0 Å². The standard InChI is InChI=1S/C14H16ClN3O/c1-9-4-5-10(2)13(6-9)17-14(19)8-18-11(3)12(15)7-16-18/h4-7H,8H2,1-3H3,(H,17,19). The zero-order valence-corrected chi connectivity index (χ0v) is 12.0. The first-order chi connectivity index (χ1) is 8.97. The first kappa shape index (κ1) is 13.6. The van der Waals surface area contributed by atoms with Crippen molar-refractivity contribution in [2.45, 2.75) is 27.3 Å². The van der Waals surface area contributed by atoms with Gasteiger partial charge in [-0.1, -0.05) is 23.7 Å². The van der Waals surface area contributed by atoms with Crippen molar-refractivity contribution in [2.24, 2.45) is 0 Å². The Hall–Kier alpha value is -1.81. The summed E-state index contributed by atoms with van der Waals surface area (Å²) in [5, 5.41) is 7.52. The van der Waals surface area contributed by atoms with Gasteiger partial charge >= 0.3 is 0 Å². The molecule has 0 spiro atoms. The van der Waals surface area contributed by atoms with E-state index >= 15 is 0 Å². The molecule has 0 aliphatic heterocycles. The summed E-state index contributed by atoms with van der Waals surface area (Å²) in [5.41, 5.74) is 3.77. The van der Waals surface area contributed by atoms with Crippen LogP contribution in [0.15, 0.2) is 24.4 Å². The smallest absolute Gasteiger partial charge is 0.246 e. The van der Waals surface area contributed by atoms with Crippen molar-refractivity contribution in [2.75, 3.05) is 5.32 Å². The average molecular weight is 278 g/mol. The molecule has 0 unspecified atom stereocenters. The van der Waals surface area contributed by atoms with E-state index in [-0.39, 0.29) is 12.5 Å². The molecule has 5 heteroatoms. The molecule has 100 valence electrons. The van der Waals surface area contributed by atoms with E-state index in [1.54, 1.807) is 10.9 Å². The van der Waals surface area contributed by atoms with Crippen LogP contribution in [0.3, 0.4) is 0 Å². The number of benzene rings is 1. The number of amides is 1. The van der Waals surface area contributed by atoms with E-state index in [2.05, 4.69) is 10.4 Å². The number of aryl methyl sites for hydroxylation is 2. The van der Waals surface area contributed by atoms with Gasteiger partial charge in [0.25, 0.3) is 0 Å². The molecule has 0 saturated carbocycles. The highest BCUT2D eigenvalue weighted by molar-refractivity contribution is 6.31. The number of anilines is 1. The van der Waals surface area contributed by atoms with Crippen molar-refractivity contribution in [3.8, 4) is 0 Å². The van der Waals surface area contributed by atoms with Crippen molar-refractivity contribution in [1.29, 1.82) is 0 Å². The maximum absolute atomic E-state index is 12.0. The van der Waals surface area contributed by atoms with Gasteiger partial charge in [-0.25, -0.2) is 0 Å². The zero-order valence-electron chi connectivity index (χ0n) is 11.2. The minimum absolute atomic E-state index is 0.114. The molecular weight excluding hydrogens is 262 g/mol. The number of halogens is 1. The van der Waals surface area contributed by atoms with Crippen molar-refractivity contribution < 1.29 is 4.79 Å². The van der Waals surface area contributed by atoms with Crippen LogP contribution >= 0.6 is 11.6 Å². The Labute approximate surface area is 117 Å². The van der Waals surface area contributed by atoms with Gasteiger partial charge in [0.2, 0.25) is 5.91 Å². The van der Waals surface area contributed by atoms with E-state index in [1.165, 1.54) is 0 Å². The Morgan fingerprint density at radius 2 is 2.11 bits per heavy atom. The summed E-state index contributed by atoms with van der Waals surface area (Å²) in [5.74, 6) is -0.114. The minimum Gasteiger partial charge on any atom is -0.324 e. The molecule has 2 rings (SSSR count). The van der Waals surface area contributed by atoms with Gasteiger partial charge in [-0.3, -0.25) is 9.48 Å². The molecule has 1 amide bonds.